The Bertz CT molecular complexity index is 325. The lowest BCUT2D eigenvalue weighted by Gasteiger charge is -2.14. The molecule has 1 aromatic rings. The predicted molar refractivity (Wildman–Crippen MR) is 82.8 cm³/mol. The third-order valence-corrected chi connectivity index (χ3v) is 8.96. The summed E-state index contributed by atoms with van der Waals surface area (Å²) >= 11 is 5.76. The summed E-state index contributed by atoms with van der Waals surface area (Å²) in [5.74, 6) is 0. The van der Waals surface area contributed by atoms with Crippen molar-refractivity contribution >= 4 is 39.8 Å². The van der Waals surface area contributed by atoms with Crippen LogP contribution >= 0.6 is 27.3 Å². The number of hydrogen-bond donors (Lipinski definition) is 0. The maximum absolute atomic E-state index is 3.80. The Kier molecular flexibility index (Phi) is 5.75. The largest absolute Gasteiger partial charge is 0.152 e. The monoisotopic (exact) mass is 318 g/mol. The fourth-order valence-electron chi connectivity index (χ4n) is 1.80. The molecule has 0 spiro atoms. The minimum Gasteiger partial charge on any atom is -0.152 e. The number of unbranched alkanes of at least 4 members (excludes halogenated alkanes) is 3. The van der Waals surface area contributed by atoms with Gasteiger partial charge in [0.2, 0.25) is 0 Å². The number of hydrogen-bond acceptors (Lipinski definition) is 1. The van der Waals surface area contributed by atoms with Crippen LogP contribution in [-0.4, -0.2) is 8.07 Å². The first-order valence-electron chi connectivity index (χ1n) is 6.23. The van der Waals surface area contributed by atoms with Gasteiger partial charge in [0.15, 0.2) is 0 Å². The maximum Gasteiger partial charge on any atom is 0.0919 e. The molecule has 1 aromatic heterocycles. The van der Waals surface area contributed by atoms with Crippen LogP contribution in [0.2, 0.25) is 19.6 Å². The second kappa shape index (κ2) is 6.36. The third kappa shape index (κ3) is 4.01. The van der Waals surface area contributed by atoms with Gasteiger partial charge in [-0.25, -0.2) is 0 Å². The van der Waals surface area contributed by atoms with E-state index in [9.17, 15) is 0 Å². The van der Waals surface area contributed by atoms with Crippen LogP contribution in [0.15, 0.2) is 9.85 Å². The SMILES string of the molecule is CCCCCCc1csc([Si](C)(C)C)c1Br. The Morgan fingerprint density at radius 2 is 1.88 bits per heavy atom. The molecule has 3 heteroatoms. The molecule has 1 heterocycles. The van der Waals surface area contributed by atoms with Crippen LogP contribution in [0.3, 0.4) is 0 Å². The standard InChI is InChI=1S/C13H23BrSSi/c1-5-6-7-8-9-11-10-15-13(12(11)14)16(2,3)4/h10H,5-9H2,1-4H3. The molecular weight excluding hydrogens is 296 g/mol. The highest BCUT2D eigenvalue weighted by Gasteiger charge is 2.22. The predicted octanol–water partition coefficient (Wildman–Crippen LogP) is 5.18. The molecule has 0 saturated heterocycles. The highest BCUT2D eigenvalue weighted by molar-refractivity contribution is 9.10. The second-order valence-corrected chi connectivity index (χ2v) is 12.5. The van der Waals surface area contributed by atoms with E-state index in [-0.39, 0.29) is 0 Å². The summed E-state index contributed by atoms with van der Waals surface area (Å²) in [5.41, 5.74) is 1.54. The van der Waals surface area contributed by atoms with E-state index in [0.717, 1.165) is 0 Å². The topological polar surface area (TPSA) is 0 Å². The molecular formula is C13H23BrSSi. The van der Waals surface area contributed by atoms with Crippen molar-refractivity contribution in [1.82, 2.24) is 0 Å². The molecule has 16 heavy (non-hydrogen) atoms. The van der Waals surface area contributed by atoms with E-state index in [1.165, 1.54) is 36.6 Å². The quantitative estimate of drug-likeness (QED) is 0.501. The Morgan fingerprint density at radius 1 is 1.19 bits per heavy atom. The molecule has 0 aromatic carbocycles. The van der Waals surface area contributed by atoms with E-state index in [2.05, 4.69) is 47.9 Å². The molecule has 0 atom stereocenters. The fraction of sp³-hybridized carbons (Fsp3) is 0.692. The second-order valence-electron chi connectivity index (χ2n) is 5.46. The van der Waals surface area contributed by atoms with Gasteiger partial charge in [-0.3, -0.25) is 0 Å². The molecule has 0 saturated carbocycles. The maximum atomic E-state index is 3.80. The van der Waals surface area contributed by atoms with E-state index in [4.69, 9.17) is 0 Å². The summed E-state index contributed by atoms with van der Waals surface area (Å²) in [6, 6.07) is 0. The van der Waals surface area contributed by atoms with Crippen molar-refractivity contribution in [2.24, 2.45) is 0 Å². The third-order valence-electron chi connectivity index (χ3n) is 2.78. The van der Waals surface area contributed by atoms with Gasteiger partial charge in [0.25, 0.3) is 0 Å². The smallest absolute Gasteiger partial charge is 0.0919 e. The first-order chi connectivity index (χ1) is 7.46. The molecule has 0 radical (unpaired) electrons. The van der Waals surface area contributed by atoms with Crippen molar-refractivity contribution in [1.29, 1.82) is 0 Å². The molecule has 0 fully saturated rings. The Labute approximate surface area is 114 Å². The van der Waals surface area contributed by atoms with Crippen LogP contribution in [0.5, 0.6) is 0 Å². The first-order valence-corrected chi connectivity index (χ1v) is 11.4. The van der Waals surface area contributed by atoms with Crippen LogP contribution in [0, 0.1) is 0 Å². The lowest BCUT2D eigenvalue weighted by atomic mass is 10.1. The zero-order chi connectivity index (χ0) is 12.2. The molecule has 0 nitrogen and oxygen atoms in total. The summed E-state index contributed by atoms with van der Waals surface area (Å²) in [5, 5.41) is 2.36. The Morgan fingerprint density at radius 3 is 2.38 bits per heavy atom. The van der Waals surface area contributed by atoms with Crippen LogP contribution in [0.25, 0.3) is 0 Å². The fourth-order valence-corrected chi connectivity index (χ4v) is 7.47. The zero-order valence-corrected chi connectivity index (χ0v) is 14.3. The van der Waals surface area contributed by atoms with Gasteiger partial charge in [-0.15, -0.1) is 0 Å². The minimum atomic E-state index is -1.14. The van der Waals surface area contributed by atoms with Crippen LogP contribution in [0.4, 0.5) is 0 Å². The van der Waals surface area contributed by atoms with Gasteiger partial charge >= 0.3 is 0 Å². The number of aryl methyl sites for hydroxylation is 1. The van der Waals surface area contributed by atoms with E-state index in [1.54, 1.807) is 10.1 Å². The highest BCUT2D eigenvalue weighted by atomic mass is 79.9. The van der Waals surface area contributed by atoms with Gasteiger partial charge in [-0.05, 0) is 39.7 Å². The number of thiophene rings is 1. The summed E-state index contributed by atoms with van der Waals surface area (Å²) < 4.78 is 3.05. The molecule has 0 N–H and O–H groups in total. The van der Waals surface area contributed by atoms with Crippen molar-refractivity contribution in [3.63, 3.8) is 0 Å². The van der Waals surface area contributed by atoms with Crippen molar-refractivity contribution < 1.29 is 0 Å². The Balaban J connectivity index is 2.59. The molecule has 92 valence electrons. The molecule has 0 unspecified atom stereocenters. The van der Waals surface area contributed by atoms with E-state index >= 15 is 0 Å². The van der Waals surface area contributed by atoms with Crippen LogP contribution in [-0.2, 0) is 6.42 Å². The van der Waals surface area contributed by atoms with E-state index < -0.39 is 8.07 Å². The average Bonchev–Trinajstić information content (AvgIpc) is 2.54. The van der Waals surface area contributed by atoms with Gasteiger partial charge in [0, 0.05) is 8.97 Å². The summed E-state index contributed by atoms with van der Waals surface area (Å²) in [7, 11) is -1.14. The normalized spacial score (nSPS) is 12.1. The van der Waals surface area contributed by atoms with Crippen LogP contribution in [0.1, 0.15) is 38.2 Å². The van der Waals surface area contributed by atoms with E-state index in [1.807, 2.05) is 11.3 Å². The van der Waals surface area contributed by atoms with Crippen molar-refractivity contribution in [3.05, 3.63) is 15.4 Å². The van der Waals surface area contributed by atoms with Gasteiger partial charge < -0.3 is 0 Å². The van der Waals surface area contributed by atoms with Gasteiger partial charge in [-0.2, -0.15) is 11.3 Å². The molecule has 0 amide bonds. The molecule has 0 aliphatic carbocycles. The summed E-state index contributed by atoms with van der Waals surface area (Å²) in [4.78, 5) is 0. The van der Waals surface area contributed by atoms with Gasteiger partial charge in [0.1, 0.15) is 0 Å². The first kappa shape index (κ1) is 14.5. The molecule has 0 aliphatic rings. The average molecular weight is 319 g/mol. The Hall–Kier alpha value is 0.397. The molecule has 0 aliphatic heterocycles. The van der Waals surface area contributed by atoms with Crippen molar-refractivity contribution in [3.8, 4) is 0 Å². The summed E-state index contributed by atoms with van der Waals surface area (Å²) in [6.45, 7) is 9.53. The highest BCUT2D eigenvalue weighted by Crippen LogP contribution is 2.25. The lowest BCUT2D eigenvalue weighted by molar-refractivity contribution is 0.667. The van der Waals surface area contributed by atoms with Crippen molar-refractivity contribution in [2.75, 3.05) is 0 Å². The zero-order valence-electron chi connectivity index (χ0n) is 10.9. The molecule has 1 rings (SSSR count). The van der Waals surface area contributed by atoms with Crippen LogP contribution < -0.4 is 4.50 Å². The van der Waals surface area contributed by atoms with Gasteiger partial charge in [-0.1, -0.05) is 45.8 Å². The minimum absolute atomic E-state index is 1.14. The van der Waals surface area contributed by atoms with E-state index in [0.29, 0.717) is 0 Å². The number of halogens is 1. The lowest BCUT2D eigenvalue weighted by Crippen LogP contribution is -2.36. The number of rotatable bonds is 6. The van der Waals surface area contributed by atoms with Crippen molar-refractivity contribution in [2.45, 2.75) is 58.7 Å². The molecule has 0 bridgehead atoms. The summed E-state index contributed by atoms with van der Waals surface area (Å²) in [6.07, 6.45) is 6.67. The van der Waals surface area contributed by atoms with Gasteiger partial charge in [0.05, 0.1) is 8.07 Å².